The first-order chi connectivity index (χ1) is 13.9. The topological polar surface area (TPSA) is 61.8 Å². The molecule has 0 spiro atoms. The lowest BCUT2D eigenvalue weighted by Gasteiger charge is -2.14. The molecular weight excluding hydrogens is 368 g/mol. The maximum absolute atomic E-state index is 12.9. The zero-order valence-electron chi connectivity index (χ0n) is 17.7. The highest BCUT2D eigenvalue weighted by atomic mass is 16.5. The standard InChI is InChI=1S/C24H30O5/c1-5-14-28-21-10-6-18(7-11-21)24(26)20-8-12-22(29-16-17(2)3)19(15-20)9-13-23(25)27-4/h6-8,10-12,15,17H,5,9,13-14,16H2,1-4H3. The predicted octanol–water partition coefficient (Wildman–Crippen LogP) is 4.85. The molecule has 0 aliphatic rings. The van der Waals surface area contributed by atoms with Crippen molar-refractivity contribution in [3.8, 4) is 11.5 Å². The van der Waals surface area contributed by atoms with Crippen molar-refractivity contribution in [3.63, 3.8) is 0 Å². The quantitative estimate of drug-likeness (QED) is 0.400. The van der Waals surface area contributed by atoms with Crippen LogP contribution < -0.4 is 9.47 Å². The smallest absolute Gasteiger partial charge is 0.305 e. The van der Waals surface area contributed by atoms with Crippen molar-refractivity contribution in [3.05, 3.63) is 59.2 Å². The average Bonchev–Trinajstić information content (AvgIpc) is 2.74. The monoisotopic (exact) mass is 398 g/mol. The van der Waals surface area contributed by atoms with Crippen molar-refractivity contribution in [2.45, 2.75) is 40.0 Å². The van der Waals surface area contributed by atoms with Crippen molar-refractivity contribution in [2.75, 3.05) is 20.3 Å². The minimum Gasteiger partial charge on any atom is -0.494 e. The third kappa shape index (κ3) is 6.93. The lowest BCUT2D eigenvalue weighted by atomic mass is 9.98. The van der Waals surface area contributed by atoms with Crippen molar-refractivity contribution < 1.29 is 23.8 Å². The Kier molecular flexibility index (Phi) is 8.71. The molecule has 0 atom stereocenters. The molecule has 5 nitrogen and oxygen atoms in total. The fraction of sp³-hybridized carbons (Fsp3) is 0.417. The van der Waals surface area contributed by atoms with Crippen LogP contribution in [-0.2, 0) is 16.0 Å². The average molecular weight is 398 g/mol. The summed E-state index contributed by atoms with van der Waals surface area (Å²) < 4.78 is 16.2. The van der Waals surface area contributed by atoms with Gasteiger partial charge in [-0.25, -0.2) is 0 Å². The van der Waals surface area contributed by atoms with Crippen LogP contribution in [0.25, 0.3) is 0 Å². The van der Waals surface area contributed by atoms with Crippen LogP contribution in [-0.4, -0.2) is 32.1 Å². The van der Waals surface area contributed by atoms with E-state index in [1.54, 1.807) is 36.4 Å². The van der Waals surface area contributed by atoms with E-state index in [0.29, 0.717) is 42.4 Å². The Labute approximate surface area is 173 Å². The highest BCUT2D eigenvalue weighted by Crippen LogP contribution is 2.25. The minimum atomic E-state index is -0.292. The van der Waals surface area contributed by atoms with Gasteiger partial charge in [-0.15, -0.1) is 0 Å². The molecule has 2 rings (SSSR count). The summed E-state index contributed by atoms with van der Waals surface area (Å²) in [5.41, 5.74) is 1.97. The van der Waals surface area contributed by atoms with Gasteiger partial charge in [-0.2, -0.15) is 0 Å². The van der Waals surface area contributed by atoms with Crippen molar-refractivity contribution in [1.29, 1.82) is 0 Å². The Bertz CT molecular complexity index is 809. The normalized spacial score (nSPS) is 10.7. The van der Waals surface area contributed by atoms with Gasteiger partial charge < -0.3 is 14.2 Å². The molecule has 0 bridgehead atoms. The second kappa shape index (κ2) is 11.2. The minimum absolute atomic E-state index is 0.0817. The van der Waals surface area contributed by atoms with E-state index in [0.717, 1.165) is 17.7 Å². The molecule has 29 heavy (non-hydrogen) atoms. The number of methoxy groups -OCH3 is 1. The molecule has 0 unspecified atom stereocenters. The number of rotatable bonds is 11. The zero-order valence-corrected chi connectivity index (χ0v) is 17.7. The number of hydrogen-bond acceptors (Lipinski definition) is 5. The van der Waals surface area contributed by atoms with Gasteiger partial charge in [0.05, 0.1) is 20.3 Å². The fourth-order valence-corrected chi connectivity index (χ4v) is 2.74. The van der Waals surface area contributed by atoms with E-state index < -0.39 is 0 Å². The molecule has 5 heteroatoms. The van der Waals surface area contributed by atoms with Gasteiger partial charge in [-0.05, 0) is 66.8 Å². The Morgan fingerprint density at radius 3 is 2.28 bits per heavy atom. The second-order valence-electron chi connectivity index (χ2n) is 7.31. The number of ether oxygens (including phenoxy) is 3. The largest absolute Gasteiger partial charge is 0.494 e. The first-order valence-corrected chi connectivity index (χ1v) is 10.0. The summed E-state index contributed by atoms with van der Waals surface area (Å²) >= 11 is 0. The molecule has 0 saturated heterocycles. The van der Waals surface area contributed by atoms with Gasteiger partial charge in [0.1, 0.15) is 11.5 Å². The number of hydrogen-bond donors (Lipinski definition) is 0. The van der Waals surface area contributed by atoms with Gasteiger partial charge in [-0.1, -0.05) is 20.8 Å². The van der Waals surface area contributed by atoms with Crippen molar-refractivity contribution in [1.82, 2.24) is 0 Å². The van der Waals surface area contributed by atoms with E-state index in [2.05, 4.69) is 13.8 Å². The SMILES string of the molecule is CCCOc1ccc(C(=O)c2ccc(OCC(C)C)c(CCC(=O)OC)c2)cc1. The molecule has 0 radical (unpaired) electrons. The Balaban J connectivity index is 2.21. The Morgan fingerprint density at radius 1 is 0.966 bits per heavy atom. The fourth-order valence-electron chi connectivity index (χ4n) is 2.74. The molecule has 0 amide bonds. The predicted molar refractivity (Wildman–Crippen MR) is 113 cm³/mol. The summed E-state index contributed by atoms with van der Waals surface area (Å²) in [4.78, 5) is 24.5. The summed E-state index contributed by atoms with van der Waals surface area (Å²) in [6.07, 6.45) is 1.61. The number of esters is 1. The highest BCUT2D eigenvalue weighted by molar-refractivity contribution is 6.09. The maximum atomic E-state index is 12.9. The number of benzene rings is 2. The van der Waals surface area contributed by atoms with Crippen LogP contribution in [0.15, 0.2) is 42.5 Å². The molecule has 0 aromatic heterocycles. The molecule has 0 N–H and O–H groups in total. The third-order valence-electron chi connectivity index (χ3n) is 4.31. The maximum Gasteiger partial charge on any atom is 0.305 e. The first-order valence-electron chi connectivity index (χ1n) is 10.0. The van der Waals surface area contributed by atoms with Crippen LogP contribution >= 0.6 is 0 Å². The molecule has 156 valence electrons. The Morgan fingerprint density at radius 2 is 1.66 bits per heavy atom. The lowest BCUT2D eigenvalue weighted by molar-refractivity contribution is -0.140. The van der Waals surface area contributed by atoms with Crippen LogP contribution in [0.3, 0.4) is 0 Å². The molecule has 2 aromatic carbocycles. The van der Waals surface area contributed by atoms with Crippen molar-refractivity contribution in [2.24, 2.45) is 5.92 Å². The second-order valence-corrected chi connectivity index (χ2v) is 7.31. The molecule has 0 saturated carbocycles. The summed E-state index contributed by atoms with van der Waals surface area (Å²) in [6, 6.07) is 12.5. The third-order valence-corrected chi connectivity index (χ3v) is 4.31. The van der Waals surface area contributed by atoms with Crippen LogP contribution in [0.2, 0.25) is 0 Å². The van der Waals surface area contributed by atoms with Crippen LogP contribution in [0.1, 0.15) is 55.1 Å². The van der Waals surface area contributed by atoms with E-state index in [-0.39, 0.29) is 18.2 Å². The number of carbonyl (C=O) groups excluding carboxylic acids is 2. The van der Waals surface area contributed by atoms with Crippen LogP contribution in [0, 0.1) is 5.92 Å². The summed E-state index contributed by atoms with van der Waals surface area (Å²) in [5, 5.41) is 0. The van der Waals surface area contributed by atoms with E-state index in [4.69, 9.17) is 14.2 Å². The van der Waals surface area contributed by atoms with E-state index >= 15 is 0 Å². The van der Waals surface area contributed by atoms with Gasteiger partial charge in [0.25, 0.3) is 0 Å². The Hall–Kier alpha value is -2.82. The van der Waals surface area contributed by atoms with E-state index in [1.807, 2.05) is 13.0 Å². The summed E-state index contributed by atoms with van der Waals surface area (Å²) in [6.45, 7) is 7.40. The van der Waals surface area contributed by atoms with Crippen LogP contribution in [0.5, 0.6) is 11.5 Å². The lowest BCUT2D eigenvalue weighted by Crippen LogP contribution is -2.09. The number of carbonyl (C=O) groups is 2. The van der Waals surface area contributed by atoms with Gasteiger partial charge >= 0.3 is 5.97 Å². The molecule has 2 aromatic rings. The number of ketones is 1. The first kappa shape index (κ1) is 22.5. The molecule has 0 aliphatic carbocycles. The summed E-state index contributed by atoms with van der Waals surface area (Å²) in [5.74, 6) is 1.45. The molecule has 0 aliphatic heterocycles. The van der Waals surface area contributed by atoms with Crippen molar-refractivity contribution >= 4 is 11.8 Å². The van der Waals surface area contributed by atoms with Gasteiger partial charge in [0, 0.05) is 17.5 Å². The highest BCUT2D eigenvalue weighted by Gasteiger charge is 2.14. The van der Waals surface area contributed by atoms with Gasteiger partial charge in [0.2, 0.25) is 0 Å². The van der Waals surface area contributed by atoms with Crippen LogP contribution in [0.4, 0.5) is 0 Å². The van der Waals surface area contributed by atoms with E-state index in [1.165, 1.54) is 7.11 Å². The van der Waals surface area contributed by atoms with Gasteiger partial charge in [-0.3, -0.25) is 9.59 Å². The molecular formula is C24H30O5. The van der Waals surface area contributed by atoms with Gasteiger partial charge in [0.15, 0.2) is 5.78 Å². The van der Waals surface area contributed by atoms with E-state index in [9.17, 15) is 9.59 Å². The summed E-state index contributed by atoms with van der Waals surface area (Å²) in [7, 11) is 1.37. The molecule has 0 heterocycles. The zero-order chi connectivity index (χ0) is 21.2. The number of aryl methyl sites for hydroxylation is 1. The molecule has 0 fully saturated rings.